The van der Waals surface area contributed by atoms with E-state index in [-0.39, 0.29) is 10.5 Å². The number of nitrogens with one attached hydrogen (secondary N) is 1. The van der Waals surface area contributed by atoms with Crippen molar-refractivity contribution in [1.29, 1.82) is 0 Å². The van der Waals surface area contributed by atoms with Crippen LogP contribution in [0.3, 0.4) is 0 Å². The number of carbonyl (C=O) groups excluding carboxylic acids is 1. The van der Waals surface area contributed by atoms with Crippen LogP contribution in [-0.2, 0) is 14.8 Å². The highest BCUT2D eigenvalue weighted by molar-refractivity contribution is 7.90. The topological polar surface area (TPSA) is 105 Å². The minimum absolute atomic E-state index is 0.105. The van der Waals surface area contributed by atoms with E-state index in [0.717, 1.165) is 22.4 Å². The zero-order chi connectivity index (χ0) is 18.9. The Labute approximate surface area is 151 Å². The fraction of sp³-hybridized carbons (Fsp3) is 0.333. The molecule has 1 aliphatic carbocycles. The molecule has 0 bridgehead atoms. The molecule has 2 N–H and O–H groups in total. The largest absolute Gasteiger partial charge is 0.480 e. The van der Waals surface area contributed by atoms with Gasteiger partial charge in [0, 0.05) is 12.4 Å². The highest BCUT2D eigenvalue weighted by Crippen LogP contribution is 2.30. The van der Waals surface area contributed by atoms with Gasteiger partial charge in [-0.3, -0.25) is 4.79 Å². The van der Waals surface area contributed by atoms with E-state index in [2.05, 4.69) is 5.32 Å². The van der Waals surface area contributed by atoms with Crippen molar-refractivity contribution in [3.63, 3.8) is 0 Å². The van der Waals surface area contributed by atoms with E-state index >= 15 is 0 Å². The standard InChI is InChI=1S/C18H20N2O5S/c1-13-4-6-15(7-5-13)26(24,25)20-11-8-14(12-20)16(21)19-18(17(22)23)9-2-3-10-18/h4-8,11-12H,2-3,9-10H2,1H3,(H,19,21)(H,22,23). The number of carbonyl (C=O) groups is 2. The van der Waals surface area contributed by atoms with Gasteiger partial charge < -0.3 is 10.4 Å². The van der Waals surface area contributed by atoms with Gasteiger partial charge in [0.15, 0.2) is 0 Å². The number of carboxylic acids is 1. The first-order chi connectivity index (χ1) is 12.2. The van der Waals surface area contributed by atoms with Gasteiger partial charge in [-0.1, -0.05) is 30.5 Å². The van der Waals surface area contributed by atoms with Gasteiger partial charge in [0.2, 0.25) is 0 Å². The van der Waals surface area contributed by atoms with Crippen molar-refractivity contribution < 1.29 is 23.1 Å². The Morgan fingerprint density at radius 1 is 1.12 bits per heavy atom. The van der Waals surface area contributed by atoms with Crippen LogP contribution in [0.2, 0.25) is 0 Å². The van der Waals surface area contributed by atoms with Crippen molar-refractivity contribution in [2.75, 3.05) is 0 Å². The zero-order valence-corrected chi connectivity index (χ0v) is 15.1. The summed E-state index contributed by atoms with van der Waals surface area (Å²) in [7, 11) is -3.81. The van der Waals surface area contributed by atoms with Crippen LogP contribution in [-0.4, -0.2) is 34.9 Å². The summed E-state index contributed by atoms with van der Waals surface area (Å²) in [5.41, 5.74) is -0.227. The Kier molecular flexibility index (Phi) is 4.62. The van der Waals surface area contributed by atoms with Crippen molar-refractivity contribution in [2.24, 2.45) is 0 Å². The molecular formula is C18H20N2O5S. The van der Waals surface area contributed by atoms with Crippen molar-refractivity contribution in [3.05, 3.63) is 53.9 Å². The number of carboxylic acid groups (broad SMARTS) is 1. The number of rotatable bonds is 5. The minimum Gasteiger partial charge on any atom is -0.480 e. The molecule has 1 aromatic heterocycles. The normalized spacial score (nSPS) is 16.3. The predicted octanol–water partition coefficient (Wildman–Crippen LogP) is 2.16. The maximum absolute atomic E-state index is 12.6. The monoisotopic (exact) mass is 376 g/mol. The first-order valence-corrected chi connectivity index (χ1v) is 9.75. The Hall–Kier alpha value is -2.61. The molecule has 1 fully saturated rings. The summed E-state index contributed by atoms with van der Waals surface area (Å²) >= 11 is 0. The third-order valence-electron chi connectivity index (χ3n) is 4.75. The summed E-state index contributed by atoms with van der Waals surface area (Å²) in [5.74, 6) is -1.65. The molecule has 1 aliphatic rings. The number of nitrogens with zero attached hydrogens (tertiary/aromatic N) is 1. The average Bonchev–Trinajstić information content (AvgIpc) is 3.25. The summed E-state index contributed by atoms with van der Waals surface area (Å²) < 4.78 is 26.2. The summed E-state index contributed by atoms with van der Waals surface area (Å²) in [5, 5.41) is 12.0. The van der Waals surface area contributed by atoms with E-state index in [0.29, 0.717) is 12.8 Å². The van der Waals surface area contributed by atoms with Crippen LogP contribution in [0.4, 0.5) is 0 Å². The fourth-order valence-corrected chi connectivity index (χ4v) is 4.35. The first kappa shape index (κ1) is 18.2. The number of aryl methyl sites for hydroxylation is 1. The van der Waals surface area contributed by atoms with Crippen molar-refractivity contribution in [2.45, 2.75) is 43.0 Å². The van der Waals surface area contributed by atoms with Gasteiger partial charge in [0.25, 0.3) is 15.9 Å². The van der Waals surface area contributed by atoms with Gasteiger partial charge in [-0.05, 0) is 38.0 Å². The van der Waals surface area contributed by atoms with Gasteiger partial charge >= 0.3 is 5.97 Å². The van der Waals surface area contributed by atoms with Crippen LogP contribution in [0.25, 0.3) is 0 Å². The molecule has 7 nitrogen and oxygen atoms in total. The van der Waals surface area contributed by atoms with Crippen LogP contribution >= 0.6 is 0 Å². The molecule has 0 spiro atoms. The maximum atomic E-state index is 12.6. The summed E-state index contributed by atoms with van der Waals surface area (Å²) in [6.07, 6.45) is 4.69. The molecule has 1 heterocycles. The van der Waals surface area contributed by atoms with Crippen molar-refractivity contribution >= 4 is 21.9 Å². The second kappa shape index (κ2) is 6.60. The third kappa shape index (κ3) is 3.24. The smallest absolute Gasteiger partial charge is 0.329 e. The van der Waals surface area contributed by atoms with Crippen LogP contribution in [0.5, 0.6) is 0 Å². The molecule has 2 aromatic rings. The number of hydrogen-bond acceptors (Lipinski definition) is 4. The molecule has 0 radical (unpaired) electrons. The Balaban J connectivity index is 1.84. The lowest BCUT2D eigenvalue weighted by molar-refractivity contribution is -0.144. The number of hydrogen-bond donors (Lipinski definition) is 2. The number of aromatic nitrogens is 1. The predicted molar refractivity (Wildman–Crippen MR) is 94.5 cm³/mol. The fourth-order valence-electron chi connectivity index (χ4n) is 3.15. The van der Waals surface area contributed by atoms with E-state index in [1.54, 1.807) is 12.1 Å². The van der Waals surface area contributed by atoms with E-state index in [1.807, 2.05) is 6.92 Å². The lowest BCUT2D eigenvalue weighted by Crippen LogP contribution is -2.52. The molecule has 0 atom stereocenters. The molecule has 26 heavy (non-hydrogen) atoms. The Morgan fingerprint density at radius 2 is 1.73 bits per heavy atom. The second-order valence-corrected chi connectivity index (χ2v) is 8.44. The van der Waals surface area contributed by atoms with Crippen LogP contribution in [0, 0.1) is 6.92 Å². The van der Waals surface area contributed by atoms with Crippen molar-refractivity contribution in [1.82, 2.24) is 9.29 Å². The van der Waals surface area contributed by atoms with Crippen LogP contribution < -0.4 is 5.32 Å². The summed E-state index contributed by atoms with van der Waals surface area (Å²) in [4.78, 5) is 24.1. The Bertz CT molecular complexity index is 938. The summed E-state index contributed by atoms with van der Waals surface area (Å²) in [6, 6.07) is 7.76. The first-order valence-electron chi connectivity index (χ1n) is 8.31. The molecule has 0 aliphatic heterocycles. The van der Waals surface area contributed by atoms with Gasteiger partial charge in [-0.15, -0.1) is 0 Å². The average molecular weight is 376 g/mol. The highest BCUT2D eigenvalue weighted by Gasteiger charge is 2.42. The molecule has 138 valence electrons. The van der Waals surface area contributed by atoms with Crippen LogP contribution in [0.15, 0.2) is 47.6 Å². The van der Waals surface area contributed by atoms with Crippen LogP contribution in [0.1, 0.15) is 41.6 Å². The number of amides is 1. The maximum Gasteiger partial charge on any atom is 0.329 e. The van der Waals surface area contributed by atoms with E-state index in [4.69, 9.17) is 0 Å². The SMILES string of the molecule is Cc1ccc(S(=O)(=O)n2ccc(C(=O)NC3(C(=O)O)CCCC3)c2)cc1. The number of benzene rings is 1. The molecule has 0 unspecified atom stereocenters. The van der Waals surface area contributed by atoms with Gasteiger partial charge in [0.1, 0.15) is 5.54 Å². The second-order valence-electron chi connectivity index (χ2n) is 6.60. The molecular weight excluding hydrogens is 356 g/mol. The number of aliphatic carboxylic acids is 1. The molecule has 0 saturated heterocycles. The summed E-state index contributed by atoms with van der Waals surface area (Å²) in [6.45, 7) is 1.86. The van der Waals surface area contributed by atoms with E-state index in [9.17, 15) is 23.1 Å². The van der Waals surface area contributed by atoms with Crippen molar-refractivity contribution in [3.8, 4) is 0 Å². The molecule has 3 rings (SSSR count). The van der Waals surface area contributed by atoms with Gasteiger partial charge in [-0.25, -0.2) is 17.2 Å². The quantitative estimate of drug-likeness (QED) is 0.832. The molecule has 8 heteroatoms. The Morgan fingerprint density at radius 3 is 2.31 bits per heavy atom. The highest BCUT2D eigenvalue weighted by atomic mass is 32.2. The van der Waals surface area contributed by atoms with E-state index in [1.165, 1.54) is 30.6 Å². The van der Waals surface area contributed by atoms with Gasteiger partial charge in [0.05, 0.1) is 10.5 Å². The third-order valence-corrected chi connectivity index (χ3v) is 6.40. The molecule has 1 saturated carbocycles. The van der Waals surface area contributed by atoms with E-state index < -0.39 is 27.4 Å². The lowest BCUT2D eigenvalue weighted by Gasteiger charge is -2.25. The zero-order valence-electron chi connectivity index (χ0n) is 14.3. The molecule has 1 amide bonds. The van der Waals surface area contributed by atoms with Gasteiger partial charge in [-0.2, -0.15) is 0 Å². The minimum atomic E-state index is -3.81. The molecule has 1 aromatic carbocycles. The lowest BCUT2D eigenvalue weighted by atomic mass is 9.97.